The molecule has 0 aromatic rings. The predicted octanol–water partition coefficient (Wildman–Crippen LogP) is -4.12. The summed E-state index contributed by atoms with van der Waals surface area (Å²) in [7, 11) is 0. The fourth-order valence-electron chi connectivity index (χ4n) is 1.96. The van der Waals surface area contributed by atoms with Gasteiger partial charge in [-0.2, -0.15) is 0 Å². The van der Waals surface area contributed by atoms with Gasteiger partial charge in [-0.1, -0.05) is 20.3 Å². The van der Waals surface area contributed by atoms with Crippen molar-refractivity contribution in [3.05, 3.63) is 0 Å². The zero-order valence-corrected chi connectivity index (χ0v) is 15.2. The molecule has 0 aromatic carbocycles. The molecule has 0 fully saturated rings. The van der Waals surface area contributed by atoms with Crippen LogP contribution in [0.4, 0.5) is 0 Å². The van der Waals surface area contributed by atoms with E-state index in [-0.39, 0.29) is 0 Å². The number of aliphatic carboxylic acids is 1. The van der Waals surface area contributed by atoms with Crippen LogP contribution in [0.15, 0.2) is 0 Å². The van der Waals surface area contributed by atoms with E-state index < -0.39 is 73.6 Å². The molecule has 0 aliphatic heterocycles. The fourth-order valence-corrected chi connectivity index (χ4v) is 1.96. The monoisotopic (exact) mass is 392 g/mol. The summed E-state index contributed by atoms with van der Waals surface area (Å²) in [5.41, 5.74) is 5.32. The minimum absolute atomic E-state index is 0.420. The smallest absolute Gasteiger partial charge is 0.328 e. The number of carbonyl (C=O) groups excluding carboxylic acids is 3. The highest BCUT2D eigenvalue weighted by Crippen LogP contribution is 2.09. The molecule has 0 saturated carbocycles. The first kappa shape index (κ1) is 24.7. The Morgan fingerprint density at radius 2 is 1.37 bits per heavy atom. The van der Waals surface area contributed by atoms with Crippen molar-refractivity contribution in [2.75, 3.05) is 19.8 Å². The summed E-state index contributed by atoms with van der Waals surface area (Å²) in [6.07, 6.45) is 0.445. The van der Waals surface area contributed by atoms with E-state index in [1.807, 2.05) is 0 Å². The van der Waals surface area contributed by atoms with Crippen molar-refractivity contribution < 1.29 is 39.6 Å². The molecule has 3 amide bonds. The lowest BCUT2D eigenvalue weighted by Crippen LogP contribution is -2.60. The van der Waals surface area contributed by atoms with E-state index >= 15 is 0 Å². The SMILES string of the molecule is CCC(C)C(NC(=O)C(CO)NC(=O)C(N)CO)C(=O)NC(CO)C(=O)O. The quantitative estimate of drug-likeness (QED) is 0.162. The highest BCUT2D eigenvalue weighted by molar-refractivity contribution is 5.94. The predicted molar refractivity (Wildman–Crippen MR) is 92.1 cm³/mol. The Labute approximate surface area is 156 Å². The van der Waals surface area contributed by atoms with E-state index in [1.165, 1.54) is 0 Å². The van der Waals surface area contributed by atoms with Crippen LogP contribution in [-0.2, 0) is 19.2 Å². The molecule has 5 atom stereocenters. The average molecular weight is 392 g/mol. The molecule has 9 N–H and O–H groups in total. The first-order valence-electron chi connectivity index (χ1n) is 8.34. The molecule has 0 saturated heterocycles. The van der Waals surface area contributed by atoms with Crippen LogP contribution in [0.3, 0.4) is 0 Å². The molecule has 0 aromatic heterocycles. The second-order valence-corrected chi connectivity index (χ2v) is 5.99. The fraction of sp³-hybridized carbons (Fsp3) is 0.733. The van der Waals surface area contributed by atoms with Crippen LogP contribution < -0.4 is 21.7 Å². The lowest BCUT2D eigenvalue weighted by atomic mass is 9.97. The minimum Gasteiger partial charge on any atom is -0.480 e. The Hall–Kier alpha value is -2.28. The summed E-state index contributed by atoms with van der Waals surface area (Å²) < 4.78 is 0. The largest absolute Gasteiger partial charge is 0.480 e. The molecular weight excluding hydrogens is 364 g/mol. The molecule has 0 bridgehead atoms. The molecule has 0 heterocycles. The molecule has 0 rings (SSSR count). The number of carbonyl (C=O) groups is 4. The molecule has 0 aliphatic carbocycles. The van der Waals surface area contributed by atoms with Gasteiger partial charge in [-0.3, -0.25) is 14.4 Å². The van der Waals surface area contributed by atoms with Crippen LogP contribution >= 0.6 is 0 Å². The number of carboxylic acids is 1. The van der Waals surface area contributed by atoms with E-state index in [9.17, 15) is 24.3 Å². The van der Waals surface area contributed by atoms with Crippen molar-refractivity contribution in [2.24, 2.45) is 11.7 Å². The lowest BCUT2D eigenvalue weighted by Gasteiger charge is -2.27. The third kappa shape index (κ3) is 7.86. The van der Waals surface area contributed by atoms with Gasteiger partial charge in [-0.05, 0) is 5.92 Å². The number of hydrogen-bond donors (Lipinski definition) is 8. The van der Waals surface area contributed by atoms with Gasteiger partial charge in [0.25, 0.3) is 0 Å². The molecule has 0 aliphatic rings. The van der Waals surface area contributed by atoms with Crippen molar-refractivity contribution in [1.29, 1.82) is 0 Å². The number of aliphatic hydroxyl groups excluding tert-OH is 3. The maximum Gasteiger partial charge on any atom is 0.328 e. The number of amides is 3. The van der Waals surface area contributed by atoms with E-state index in [0.29, 0.717) is 6.42 Å². The van der Waals surface area contributed by atoms with Crippen LogP contribution in [0, 0.1) is 5.92 Å². The maximum atomic E-state index is 12.3. The van der Waals surface area contributed by atoms with Gasteiger partial charge in [0.15, 0.2) is 0 Å². The summed E-state index contributed by atoms with van der Waals surface area (Å²) in [6, 6.07) is -5.44. The lowest BCUT2D eigenvalue weighted by molar-refractivity contribution is -0.143. The van der Waals surface area contributed by atoms with Crippen LogP contribution in [0.1, 0.15) is 20.3 Å². The normalized spacial score (nSPS) is 16.4. The van der Waals surface area contributed by atoms with Gasteiger partial charge in [0, 0.05) is 0 Å². The average Bonchev–Trinajstić information content (AvgIpc) is 2.65. The number of aliphatic hydroxyl groups is 3. The van der Waals surface area contributed by atoms with Gasteiger partial charge < -0.3 is 42.1 Å². The van der Waals surface area contributed by atoms with Gasteiger partial charge >= 0.3 is 5.97 Å². The molecule has 156 valence electrons. The van der Waals surface area contributed by atoms with E-state index in [0.717, 1.165) is 0 Å². The Morgan fingerprint density at radius 3 is 1.78 bits per heavy atom. The number of carboxylic acid groups (broad SMARTS) is 1. The maximum absolute atomic E-state index is 12.3. The summed E-state index contributed by atoms with van der Waals surface area (Å²) in [6.45, 7) is 1.08. The topological polar surface area (TPSA) is 211 Å². The van der Waals surface area contributed by atoms with Gasteiger partial charge in [-0.25, -0.2) is 4.79 Å². The number of nitrogens with two attached hydrogens (primary N) is 1. The Bertz CT molecular complexity index is 530. The number of nitrogens with one attached hydrogen (secondary N) is 3. The van der Waals surface area contributed by atoms with Gasteiger partial charge in [-0.15, -0.1) is 0 Å². The summed E-state index contributed by atoms with van der Waals surface area (Å²) in [4.78, 5) is 47.2. The van der Waals surface area contributed by atoms with Gasteiger partial charge in [0.1, 0.15) is 24.2 Å². The second kappa shape index (κ2) is 12.2. The van der Waals surface area contributed by atoms with Crippen LogP contribution in [-0.4, -0.2) is 88.1 Å². The van der Waals surface area contributed by atoms with E-state index in [2.05, 4.69) is 16.0 Å². The van der Waals surface area contributed by atoms with E-state index in [4.69, 9.17) is 21.1 Å². The first-order chi connectivity index (χ1) is 12.6. The van der Waals surface area contributed by atoms with Crippen molar-refractivity contribution in [3.63, 3.8) is 0 Å². The molecule has 5 unspecified atom stereocenters. The number of hydrogen-bond acceptors (Lipinski definition) is 8. The third-order valence-corrected chi connectivity index (χ3v) is 3.94. The number of rotatable bonds is 12. The molecule has 0 spiro atoms. The summed E-state index contributed by atoms with van der Waals surface area (Å²) in [5.74, 6) is -4.47. The first-order valence-corrected chi connectivity index (χ1v) is 8.34. The standard InChI is InChI=1S/C15H28N4O8/c1-3-7(2)11(14(25)18-10(6-22)15(26)27)19-13(24)9(5-21)17-12(23)8(16)4-20/h7-11,20-22H,3-6,16H2,1-2H3,(H,17,23)(H,18,25)(H,19,24)(H,26,27). The van der Waals surface area contributed by atoms with Crippen molar-refractivity contribution >= 4 is 23.7 Å². The minimum atomic E-state index is -1.54. The molecule has 12 nitrogen and oxygen atoms in total. The second-order valence-electron chi connectivity index (χ2n) is 5.99. The van der Waals surface area contributed by atoms with Crippen molar-refractivity contribution in [3.8, 4) is 0 Å². The van der Waals surface area contributed by atoms with Crippen LogP contribution in [0.2, 0.25) is 0 Å². The Kier molecular flexibility index (Phi) is 11.1. The highest BCUT2D eigenvalue weighted by Gasteiger charge is 2.32. The van der Waals surface area contributed by atoms with Gasteiger partial charge in [0.05, 0.1) is 19.8 Å². The third-order valence-electron chi connectivity index (χ3n) is 3.94. The van der Waals surface area contributed by atoms with Crippen molar-refractivity contribution in [2.45, 2.75) is 44.4 Å². The van der Waals surface area contributed by atoms with E-state index in [1.54, 1.807) is 13.8 Å². The van der Waals surface area contributed by atoms with Gasteiger partial charge in [0.2, 0.25) is 17.7 Å². The molecule has 12 heteroatoms. The zero-order chi connectivity index (χ0) is 21.1. The zero-order valence-electron chi connectivity index (χ0n) is 15.2. The summed E-state index contributed by atoms with van der Waals surface area (Å²) >= 11 is 0. The van der Waals surface area contributed by atoms with Crippen LogP contribution in [0.5, 0.6) is 0 Å². The Balaban J connectivity index is 5.20. The van der Waals surface area contributed by atoms with Crippen LogP contribution in [0.25, 0.3) is 0 Å². The van der Waals surface area contributed by atoms with Crippen molar-refractivity contribution in [1.82, 2.24) is 16.0 Å². The molecular formula is C15H28N4O8. The molecule has 0 radical (unpaired) electrons. The Morgan fingerprint density at radius 1 is 0.852 bits per heavy atom. The highest BCUT2D eigenvalue weighted by atomic mass is 16.4. The summed E-state index contributed by atoms with van der Waals surface area (Å²) in [5, 5.41) is 42.7. The molecule has 27 heavy (non-hydrogen) atoms.